The molecule has 32 heavy (non-hydrogen) atoms. The summed E-state index contributed by atoms with van der Waals surface area (Å²) in [5.74, 6) is 3.24. The van der Waals surface area contributed by atoms with Crippen molar-refractivity contribution in [3.63, 3.8) is 0 Å². The number of para-hydroxylation sites is 1. The van der Waals surface area contributed by atoms with Crippen molar-refractivity contribution < 1.29 is 23.5 Å². The molecule has 0 atom stereocenters. The van der Waals surface area contributed by atoms with E-state index in [1.54, 1.807) is 7.11 Å². The van der Waals surface area contributed by atoms with Gasteiger partial charge in [-0.3, -0.25) is 4.79 Å². The summed E-state index contributed by atoms with van der Waals surface area (Å²) in [6, 6.07) is 13.7. The first-order valence-corrected chi connectivity index (χ1v) is 10.9. The van der Waals surface area contributed by atoms with Crippen molar-refractivity contribution in [2.75, 3.05) is 27.0 Å². The highest BCUT2D eigenvalue weighted by atomic mass is 16.7. The van der Waals surface area contributed by atoms with Gasteiger partial charge in [-0.15, -0.1) is 0 Å². The van der Waals surface area contributed by atoms with Crippen molar-refractivity contribution in [3.8, 4) is 28.6 Å². The Morgan fingerprint density at radius 3 is 2.72 bits per heavy atom. The van der Waals surface area contributed by atoms with Gasteiger partial charge < -0.3 is 23.6 Å². The number of hydrogen-bond donors (Lipinski definition) is 0. The van der Waals surface area contributed by atoms with Gasteiger partial charge in [-0.05, 0) is 61.9 Å². The Bertz CT molecular complexity index is 1130. The SMILES string of the molecule is COc1ccccc1-c1onc(C)c1C(=O)N1CCC(Cc2ccc3c(c2)OCO3)CC1. The molecule has 1 amide bonds. The standard InChI is InChI=1S/C25H26N2O5/c1-16-23(24(32-26-16)19-5-3-4-6-20(19)29-2)25(28)27-11-9-17(10-12-27)13-18-7-8-21-22(14-18)31-15-30-21/h3-8,14,17H,9-13,15H2,1-2H3. The smallest absolute Gasteiger partial charge is 0.259 e. The zero-order chi connectivity index (χ0) is 22.1. The number of likely N-dealkylation sites (tertiary alicyclic amines) is 1. The molecule has 1 aromatic heterocycles. The molecule has 166 valence electrons. The van der Waals surface area contributed by atoms with Gasteiger partial charge in [0.15, 0.2) is 17.3 Å². The summed E-state index contributed by atoms with van der Waals surface area (Å²) in [6.07, 6.45) is 2.88. The Labute approximate surface area is 186 Å². The van der Waals surface area contributed by atoms with Gasteiger partial charge in [-0.25, -0.2) is 0 Å². The van der Waals surface area contributed by atoms with Crippen LogP contribution in [0.4, 0.5) is 0 Å². The number of rotatable bonds is 5. The van der Waals surface area contributed by atoms with Crippen LogP contribution >= 0.6 is 0 Å². The van der Waals surface area contributed by atoms with Crippen LogP contribution < -0.4 is 14.2 Å². The lowest BCUT2D eigenvalue weighted by Gasteiger charge is -2.32. The van der Waals surface area contributed by atoms with E-state index in [4.69, 9.17) is 18.7 Å². The highest BCUT2D eigenvalue weighted by Gasteiger charge is 2.30. The molecule has 2 aromatic carbocycles. The Balaban J connectivity index is 1.28. The molecular formula is C25H26N2O5. The summed E-state index contributed by atoms with van der Waals surface area (Å²) in [5, 5.41) is 4.08. The number of nitrogens with zero attached hydrogens (tertiary/aromatic N) is 2. The van der Waals surface area contributed by atoms with Crippen LogP contribution in [0.2, 0.25) is 0 Å². The second-order valence-corrected chi connectivity index (χ2v) is 8.30. The van der Waals surface area contributed by atoms with Crippen LogP contribution in [0.3, 0.4) is 0 Å². The molecule has 1 fully saturated rings. The highest BCUT2D eigenvalue weighted by molar-refractivity contribution is 6.01. The maximum Gasteiger partial charge on any atom is 0.259 e. The number of benzene rings is 2. The molecular weight excluding hydrogens is 408 g/mol. The van der Waals surface area contributed by atoms with Gasteiger partial charge in [-0.2, -0.15) is 0 Å². The summed E-state index contributed by atoms with van der Waals surface area (Å²) < 4.78 is 21.9. The fourth-order valence-corrected chi connectivity index (χ4v) is 4.54. The van der Waals surface area contributed by atoms with Gasteiger partial charge in [0.25, 0.3) is 5.91 Å². The van der Waals surface area contributed by atoms with E-state index in [0.29, 0.717) is 48.6 Å². The molecule has 3 heterocycles. The second kappa shape index (κ2) is 8.57. The van der Waals surface area contributed by atoms with E-state index < -0.39 is 0 Å². The Morgan fingerprint density at radius 2 is 1.91 bits per heavy atom. The monoisotopic (exact) mass is 434 g/mol. The molecule has 2 aliphatic rings. The fourth-order valence-electron chi connectivity index (χ4n) is 4.54. The third-order valence-electron chi connectivity index (χ3n) is 6.29. The Hall–Kier alpha value is -3.48. The second-order valence-electron chi connectivity index (χ2n) is 8.30. The van der Waals surface area contributed by atoms with Crippen molar-refractivity contribution in [1.82, 2.24) is 10.1 Å². The van der Waals surface area contributed by atoms with Crippen molar-refractivity contribution in [2.45, 2.75) is 26.2 Å². The maximum atomic E-state index is 13.4. The van der Waals surface area contributed by atoms with E-state index in [-0.39, 0.29) is 5.91 Å². The molecule has 0 saturated carbocycles. The Morgan fingerprint density at radius 1 is 1.12 bits per heavy atom. The fraction of sp³-hybridized carbons (Fsp3) is 0.360. The van der Waals surface area contributed by atoms with Crippen LogP contribution in [-0.4, -0.2) is 43.0 Å². The van der Waals surface area contributed by atoms with Gasteiger partial charge in [0.2, 0.25) is 6.79 Å². The van der Waals surface area contributed by atoms with Crippen LogP contribution in [0.1, 0.15) is 34.5 Å². The number of carbonyl (C=O) groups excluding carboxylic acids is 1. The number of methoxy groups -OCH3 is 1. The quantitative estimate of drug-likeness (QED) is 0.589. The van der Waals surface area contributed by atoms with E-state index in [9.17, 15) is 4.79 Å². The van der Waals surface area contributed by atoms with E-state index >= 15 is 0 Å². The number of fused-ring (bicyclic) bond motifs is 1. The zero-order valence-electron chi connectivity index (χ0n) is 18.3. The predicted molar refractivity (Wildman–Crippen MR) is 118 cm³/mol. The molecule has 7 nitrogen and oxygen atoms in total. The first kappa shape index (κ1) is 20.4. The van der Waals surface area contributed by atoms with Crippen LogP contribution in [0.25, 0.3) is 11.3 Å². The maximum absolute atomic E-state index is 13.4. The third-order valence-corrected chi connectivity index (χ3v) is 6.29. The molecule has 0 spiro atoms. The molecule has 0 bridgehead atoms. The lowest BCUT2D eigenvalue weighted by Crippen LogP contribution is -2.39. The van der Waals surface area contributed by atoms with Crippen molar-refractivity contribution in [1.29, 1.82) is 0 Å². The molecule has 0 unspecified atom stereocenters. The van der Waals surface area contributed by atoms with Gasteiger partial charge in [0, 0.05) is 13.1 Å². The molecule has 5 rings (SSSR count). The van der Waals surface area contributed by atoms with Crippen molar-refractivity contribution >= 4 is 5.91 Å². The minimum atomic E-state index is -0.0359. The van der Waals surface area contributed by atoms with Gasteiger partial charge in [-0.1, -0.05) is 23.4 Å². The number of piperidine rings is 1. The zero-order valence-corrected chi connectivity index (χ0v) is 18.3. The van der Waals surface area contributed by atoms with Crippen LogP contribution in [-0.2, 0) is 6.42 Å². The molecule has 1 saturated heterocycles. The largest absolute Gasteiger partial charge is 0.496 e. The first-order chi connectivity index (χ1) is 15.6. The van der Waals surface area contributed by atoms with E-state index in [1.807, 2.05) is 42.2 Å². The predicted octanol–water partition coefficient (Wildman–Crippen LogP) is 4.48. The minimum Gasteiger partial charge on any atom is -0.496 e. The molecule has 2 aliphatic heterocycles. The van der Waals surface area contributed by atoms with Gasteiger partial charge in [0.1, 0.15) is 11.3 Å². The van der Waals surface area contributed by atoms with Crippen LogP contribution in [0.5, 0.6) is 17.2 Å². The number of aryl methyl sites for hydroxylation is 1. The molecule has 0 radical (unpaired) electrons. The topological polar surface area (TPSA) is 74.0 Å². The minimum absolute atomic E-state index is 0.0359. The number of ether oxygens (including phenoxy) is 3. The lowest BCUT2D eigenvalue weighted by atomic mass is 9.89. The summed E-state index contributed by atoms with van der Waals surface area (Å²) in [5.41, 5.74) is 3.09. The summed E-state index contributed by atoms with van der Waals surface area (Å²) in [4.78, 5) is 15.3. The van der Waals surface area contributed by atoms with E-state index in [0.717, 1.165) is 36.3 Å². The molecule has 7 heteroatoms. The van der Waals surface area contributed by atoms with Crippen LogP contribution in [0, 0.1) is 12.8 Å². The normalized spacial score (nSPS) is 15.8. The highest BCUT2D eigenvalue weighted by Crippen LogP contribution is 2.36. The van der Waals surface area contributed by atoms with Crippen molar-refractivity contribution in [3.05, 3.63) is 59.3 Å². The van der Waals surface area contributed by atoms with Gasteiger partial charge in [0.05, 0.1) is 18.4 Å². The summed E-state index contributed by atoms with van der Waals surface area (Å²) in [6.45, 7) is 3.52. The molecule has 0 N–H and O–H groups in total. The summed E-state index contributed by atoms with van der Waals surface area (Å²) in [7, 11) is 1.61. The molecule has 3 aromatic rings. The Kier molecular flexibility index (Phi) is 5.47. The first-order valence-electron chi connectivity index (χ1n) is 10.9. The number of carbonyl (C=O) groups is 1. The van der Waals surface area contributed by atoms with Crippen molar-refractivity contribution in [2.24, 2.45) is 5.92 Å². The van der Waals surface area contributed by atoms with Crippen LogP contribution in [0.15, 0.2) is 47.0 Å². The third kappa shape index (κ3) is 3.79. The van der Waals surface area contributed by atoms with E-state index in [1.165, 1.54) is 5.56 Å². The lowest BCUT2D eigenvalue weighted by molar-refractivity contribution is 0.0690. The average Bonchev–Trinajstić information content (AvgIpc) is 3.45. The summed E-state index contributed by atoms with van der Waals surface area (Å²) >= 11 is 0. The van der Waals surface area contributed by atoms with E-state index in [2.05, 4.69) is 17.3 Å². The number of aromatic nitrogens is 1. The number of amides is 1. The molecule has 0 aliphatic carbocycles. The number of hydrogen-bond acceptors (Lipinski definition) is 6. The van der Waals surface area contributed by atoms with Gasteiger partial charge >= 0.3 is 0 Å². The average molecular weight is 434 g/mol.